The van der Waals surface area contributed by atoms with E-state index in [2.05, 4.69) is 65.7 Å². The number of rotatable bonds is 7. The molecule has 1 unspecified atom stereocenters. The number of anilines is 2. The first-order valence-electron chi connectivity index (χ1n) is 11.3. The molecule has 0 saturated carbocycles. The molecule has 1 heterocycles. The summed E-state index contributed by atoms with van der Waals surface area (Å²) in [6, 6.07) is 16.8. The van der Waals surface area contributed by atoms with Crippen molar-refractivity contribution < 1.29 is 0 Å². The van der Waals surface area contributed by atoms with Crippen LogP contribution in [0.25, 0.3) is 11.3 Å². The van der Waals surface area contributed by atoms with Crippen LogP contribution in [0, 0.1) is 0 Å². The Morgan fingerprint density at radius 1 is 1.03 bits per heavy atom. The van der Waals surface area contributed by atoms with E-state index >= 15 is 0 Å². The molecule has 0 aliphatic heterocycles. The first kappa shape index (κ1) is 22.8. The number of aromatic nitrogens is 2. The lowest BCUT2D eigenvalue weighted by atomic mass is 9.78. The summed E-state index contributed by atoms with van der Waals surface area (Å²) in [5.41, 5.74) is 12.7. The molecule has 0 saturated heterocycles. The Kier molecular flexibility index (Phi) is 8.01. The maximum atomic E-state index is 5.89. The zero-order chi connectivity index (χ0) is 22.2. The van der Waals surface area contributed by atoms with Crippen molar-refractivity contribution in [3.05, 3.63) is 71.4 Å². The lowest BCUT2D eigenvalue weighted by Gasteiger charge is -2.27. The van der Waals surface area contributed by atoms with Gasteiger partial charge in [0.05, 0.1) is 5.69 Å². The number of hydrogen-bond donors (Lipinski definition) is 2. The third kappa shape index (κ3) is 5.61. The van der Waals surface area contributed by atoms with Crippen LogP contribution in [0.4, 0.5) is 11.6 Å². The summed E-state index contributed by atoms with van der Waals surface area (Å²) >= 11 is 0. The van der Waals surface area contributed by atoms with Crippen molar-refractivity contribution in [1.82, 2.24) is 14.9 Å². The van der Waals surface area contributed by atoms with Crippen molar-refractivity contribution in [1.29, 1.82) is 0 Å². The van der Waals surface area contributed by atoms with Gasteiger partial charge in [0.2, 0.25) is 5.95 Å². The predicted molar refractivity (Wildman–Crippen MR) is 131 cm³/mol. The summed E-state index contributed by atoms with van der Waals surface area (Å²) in [4.78, 5) is 11.7. The molecule has 1 aromatic heterocycles. The molecule has 1 aliphatic carbocycles. The maximum Gasteiger partial charge on any atom is 0.223 e. The molecule has 5 heteroatoms. The second kappa shape index (κ2) is 10.9. The van der Waals surface area contributed by atoms with Crippen molar-refractivity contribution in [2.24, 2.45) is 0 Å². The van der Waals surface area contributed by atoms with Gasteiger partial charge in [-0.05, 0) is 68.7 Å². The van der Waals surface area contributed by atoms with Gasteiger partial charge in [-0.1, -0.05) is 50.2 Å². The Bertz CT molecular complexity index is 966. The minimum Gasteiger partial charge on any atom is -0.399 e. The van der Waals surface area contributed by atoms with Crippen molar-refractivity contribution >= 4 is 11.6 Å². The minimum absolute atomic E-state index is 0.299. The normalized spacial score (nSPS) is 14.3. The smallest absolute Gasteiger partial charge is 0.223 e. The molecule has 0 radical (unpaired) electrons. The van der Waals surface area contributed by atoms with E-state index in [4.69, 9.17) is 10.7 Å². The Balaban J connectivity index is 0.00000132. The number of unbranched alkanes of at least 4 members (excludes halogenated alkanes) is 1. The molecule has 0 spiro atoms. The highest BCUT2D eigenvalue weighted by atomic mass is 15.1. The summed E-state index contributed by atoms with van der Waals surface area (Å²) in [7, 11) is 4.21. The number of nitrogens with two attached hydrogens (primary N) is 1. The molecule has 31 heavy (non-hydrogen) atoms. The molecule has 164 valence electrons. The first-order chi connectivity index (χ1) is 15.1. The van der Waals surface area contributed by atoms with E-state index in [-0.39, 0.29) is 0 Å². The van der Waals surface area contributed by atoms with Gasteiger partial charge in [0.15, 0.2) is 0 Å². The van der Waals surface area contributed by atoms with Gasteiger partial charge in [-0.3, -0.25) is 0 Å². The average Bonchev–Trinajstić information content (AvgIpc) is 2.80. The van der Waals surface area contributed by atoms with Gasteiger partial charge in [0.25, 0.3) is 0 Å². The van der Waals surface area contributed by atoms with Crippen molar-refractivity contribution in [3.63, 3.8) is 0 Å². The van der Waals surface area contributed by atoms with Crippen LogP contribution in [-0.4, -0.2) is 42.1 Å². The molecule has 5 nitrogen and oxygen atoms in total. The predicted octanol–water partition coefficient (Wildman–Crippen LogP) is 5.19. The molecule has 1 atom stereocenters. The fraction of sp³-hybridized carbons (Fsp3) is 0.385. The van der Waals surface area contributed by atoms with Gasteiger partial charge in [-0.25, -0.2) is 9.97 Å². The highest BCUT2D eigenvalue weighted by Crippen LogP contribution is 2.41. The summed E-state index contributed by atoms with van der Waals surface area (Å²) < 4.78 is 0. The van der Waals surface area contributed by atoms with E-state index in [0.29, 0.717) is 11.9 Å². The number of hydrogen-bond acceptors (Lipinski definition) is 5. The minimum atomic E-state index is 0.299. The third-order valence-electron chi connectivity index (χ3n) is 5.53. The topological polar surface area (TPSA) is 67.1 Å². The summed E-state index contributed by atoms with van der Waals surface area (Å²) in [6.07, 6.45) is 5.16. The average molecular weight is 418 g/mol. The number of nitrogens with zero attached hydrogens (tertiary/aromatic N) is 3. The van der Waals surface area contributed by atoms with E-state index in [1.807, 2.05) is 32.2 Å². The Morgan fingerprint density at radius 3 is 2.52 bits per heavy atom. The van der Waals surface area contributed by atoms with E-state index in [9.17, 15) is 0 Å². The number of fused-ring (bicyclic) bond motifs is 3. The fourth-order valence-electron chi connectivity index (χ4n) is 4.00. The van der Waals surface area contributed by atoms with Crippen LogP contribution in [0.15, 0.2) is 54.7 Å². The molecular weight excluding hydrogens is 382 g/mol. The highest BCUT2D eigenvalue weighted by molar-refractivity contribution is 5.72. The standard InChI is InChI=1S/C24H29N5.C2H6/c1-29(2)14-6-5-13-26-24-27-16-18-15-22(17-9-11-19(25)12-10-17)20-7-3-4-8-21(20)23(18)28-24;1-2/h3-4,7-12,16,22H,5-6,13-15,25H2,1-2H3,(H,26,27,28);1-2H3. The lowest BCUT2D eigenvalue weighted by molar-refractivity contribution is 0.396. The third-order valence-corrected chi connectivity index (χ3v) is 5.53. The fourth-order valence-corrected chi connectivity index (χ4v) is 4.00. The molecule has 0 amide bonds. The Hall–Kier alpha value is -2.92. The van der Waals surface area contributed by atoms with Crippen LogP contribution in [0.2, 0.25) is 0 Å². The zero-order valence-corrected chi connectivity index (χ0v) is 19.2. The van der Waals surface area contributed by atoms with Crippen molar-refractivity contribution in [3.8, 4) is 11.3 Å². The maximum absolute atomic E-state index is 5.89. The van der Waals surface area contributed by atoms with Crippen LogP contribution in [0.1, 0.15) is 49.3 Å². The van der Waals surface area contributed by atoms with Crippen molar-refractivity contribution in [2.75, 3.05) is 38.2 Å². The lowest BCUT2D eigenvalue weighted by Crippen LogP contribution is -2.16. The molecule has 2 aromatic carbocycles. The largest absolute Gasteiger partial charge is 0.399 e. The molecule has 0 fully saturated rings. The number of nitrogens with one attached hydrogen (secondary N) is 1. The van der Waals surface area contributed by atoms with E-state index in [1.54, 1.807) is 0 Å². The summed E-state index contributed by atoms with van der Waals surface area (Å²) in [6.45, 7) is 6.00. The van der Waals surface area contributed by atoms with Gasteiger partial charge < -0.3 is 16.0 Å². The number of nitrogen functional groups attached to an aromatic ring is 1. The van der Waals surface area contributed by atoms with E-state index < -0.39 is 0 Å². The zero-order valence-electron chi connectivity index (χ0n) is 19.2. The monoisotopic (exact) mass is 417 g/mol. The van der Waals surface area contributed by atoms with Crippen LogP contribution < -0.4 is 11.1 Å². The van der Waals surface area contributed by atoms with Gasteiger partial charge in [0.1, 0.15) is 0 Å². The van der Waals surface area contributed by atoms with E-state index in [0.717, 1.165) is 43.7 Å². The van der Waals surface area contributed by atoms with Crippen LogP contribution >= 0.6 is 0 Å². The van der Waals surface area contributed by atoms with Crippen LogP contribution in [-0.2, 0) is 6.42 Å². The van der Waals surface area contributed by atoms with Crippen LogP contribution in [0.3, 0.4) is 0 Å². The van der Waals surface area contributed by atoms with E-state index in [1.165, 1.54) is 22.3 Å². The second-order valence-corrected chi connectivity index (χ2v) is 8.02. The molecule has 0 bridgehead atoms. The molecule has 4 rings (SSSR count). The molecule has 1 aliphatic rings. The molecule has 3 N–H and O–H groups in total. The number of benzene rings is 2. The highest BCUT2D eigenvalue weighted by Gasteiger charge is 2.27. The van der Waals surface area contributed by atoms with Gasteiger partial charge in [-0.2, -0.15) is 0 Å². The molecular formula is C26H35N5. The summed E-state index contributed by atoms with van der Waals surface area (Å²) in [5.74, 6) is 1.02. The Labute approximate surface area is 186 Å². The van der Waals surface area contributed by atoms with Crippen molar-refractivity contribution in [2.45, 2.75) is 39.0 Å². The first-order valence-corrected chi connectivity index (χ1v) is 11.3. The second-order valence-electron chi connectivity index (χ2n) is 8.02. The van der Waals surface area contributed by atoms with Crippen LogP contribution in [0.5, 0.6) is 0 Å². The SMILES string of the molecule is CC.CN(C)CCCCNc1ncc2c(n1)-c1ccccc1C(c1ccc(N)cc1)C2. The van der Waals surface area contributed by atoms with Gasteiger partial charge in [-0.15, -0.1) is 0 Å². The molecule has 3 aromatic rings. The summed E-state index contributed by atoms with van der Waals surface area (Å²) in [5, 5.41) is 3.39. The quantitative estimate of drug-likeness (QED) is 0.409. The van der Waals surface area contributed by atoms with Gasteiger partial charge >= 0.3 is 0 Å². The van der Waals surface area contributed by atoms with Gasteiger partial charge in [0, 0.05) is 29.9 Å². The Morgan fingerprint density at radius 2 is 1.77 bits per heavy atom.